The van der Waals surface area contributed by atoms with Gasteiger partial charge in [-0.3, -0.25) is 4.79 Å². The summed E-state index contributed by atoms with van der Waals surface area (Å²) in [6.45, 7) is 8.21. The largest absolute Gasteiger partial charge is 0.469 e. The maximum absolute atomic E-state index is 11.2. The first-order valence-corrected chi connectivity index (χ1v) is 5.20. The standard InChI is InChI=1S/C12H22O2/c1-9(2)7-6-8-10(3)11(4)12(13)14-5/h7,10-11H,6,8H2,1-5H3. The molecule has 0 radical (unpaired) electrons. The molecule has 0 spiro atoms. The molecule has 0 aliphatic heterocycles. The Morgan fingerprint density at radius 1 is 1.36 bits per heavy atom. The zero-order valence-electron chi connectivity index (χ0n) is 9.96. The summed E-state index contributed by atoms with van der Waals surface area (Å²) in [7, 11) is 1.45. The fourth-order valence-corrected chi connectivity index (χ4v) is 1.30. The summed E-state index contributed by atoms with van der Waals surface area (Å²) in [5.41, 5.74) is 1.34. The minimum atomic E-state index is -0.102. The van der Waals surface area contributed by atoms with Crippen LogP contribution in [0.2, 0.25) is 0 Å². The lowest BCUT2D eigenvalue weighted by molar-refractivity contribution is -0.146. The van der Waals surface area contributed by atoms with Gasteiger partial charge in [0.15, 0.2) is 0 Å². The molecular formula is C12H22O2. The lowest BCUT2D eigenvalue weighted by Crippen LogP contribution is -2.20. The van der Waals surface area contributed by atoms with E-state index in [-0.39, 0.29) is 11.9 Å². The van der Waals surface area contributed by atoms with Gasteiger partial charge < -0.3 is 4.74 Å². The summed E-state index contributed by atoms with van der Waals surface area (Å²) < 4.78 is 4.71. The highest BCUT2D eigenvalue weighted by Crippen LogP contribution is 2.18. The molecule has 0 aromatic rings. The summed E-state index contributed by atoms with van der Waals surface area (Å²) in [6.07, 6.45) is 4.30. The number of allylic oxidation sites excluding steroid dienone is 2. The molecule has 2 nitrogen and oxygen atoms in total. The third-order valence-electron chi connectivity index (χ3n) is 2.60. The summed E-state index contributed by atoms with van der Waals surface area (Å²) in [6, 6.07) is 0. The molecule has 2 unspecified atom stereocenters. The van der Waals surface area contributed by atoms with E-state index >= 15 is 0 Å². The average Bonchev–Trinajstić information content (AvgIpc) is 2.14. The molecule has 0 aliphatic carbocycles. The molecule has 0 heterocycles. The molecule has 0 saturated heterocycles. The highest BCUT2D eigenvalue weighted by atomic mass is 16.5. The summed E-state index contributed by atoms with van der Waals surface area (Å²) in [5.74, 6) is 0.290. The first-order chi connectivity index (χ1) is 6.49. The summed E-state index contributed by atoms with van der Waals surface area (Å²) in [5, 5.41) is 0. The number of carbonyl (C=O) groups is 1. The molecule has 0 aliphatic rings. The van der Waals surface area contributed by atoms with Crippen molar-refractivity contribution >= 4 is 5.97 Å². The number of hydrogen-bond acceptors (Lipinski definition) is 2. The minimum absolute atomic E-state index is 0.00515. The van der Waals surface area contributed by atoms with Crippen molar-refractivity contribution in [3.05, 3.63) is 11.6 Å². The Bertz CT molecular complexity index is 202. The van der Waals surface area contributed by atoms with Crippen LogP contribution in [0.1, 0.15) is 40.5 Å². The molecule has 82 valence electrons. The van der Waals surface area contributed by atoms with Crippen molar-refractivity contribution in [2.24, 2.45) is 11.8 Å². The molecule has 2 atom stereocenters. The van der Waals surface area contributed by atoms with Gasteiger partial charge in [0.25, 0.3) is 0 Å². The highest BCUT2D eigenvalue weighted by Gasteiger charge is 2.19. The van der Waals surface area contributed by atoms with Crippen LogP contribution >= 0.6 is 0 Å². The maximum Gasteiger partial charge on any atom is 0.308 e. The van der Waals surface area contributed by atoms with Gasteiger partial charge in [-0.05, 0) is 32.6 Å². The van der Waals surface area contributed by atoms with Gasteiger partial charge in [-0.15, -0.1) is 0 Å². The monoisotopic (exact) mass is 198 g/mol. The van der Waals surface area contributed by atoms with Crippen LogP contribution in [0.4, 0.5) is 0 Å². The number of methoxy groups -OCH3 is 1. The number of ether oxygens (including phenoxy) is 1. The third-order valence-corrected chi connectivity index (χ3v) is 2.60. The molecule has 0 rings (SSSR count). The zero-order valence-corrected chi connectivity index (χ0v) is 9.96. The van der Waals surface area contributed by atoms with Crippen molar-refractivity contribution in [1.82, 2.24) is 0 Å². The Balaban J connectivity index is 3.90. The van der Waals surface area contributed by atoms with Gasteiger partial charge >= 0.3 is 5.97 Å². The van der Waals surface area contributed by atoms with E-state index in [1.807, 2.05) is 6.92 Å². The van der Waals surface area contributed by atoms with E-state index in [2.05, 4.69) is 26.8 Å². The van der Waals surface area contributed by atoms with Gasteiger partial charge in [-0.1, -0.05) is 25.5 Å². The Morgan fingerprint density at radius 3 is 2.36 bits per heavy atom. The van der Waals surface area contributed by atoms with Gasteiger partial charge in [-0.25, -0.2) is 0 Å². The normalized spacial score (nSPS) is 14.4. The van der Waals surface area contributed by atoms with Crippen LogP contribution in [0, 0.1) is 11.8 Å². The smallest absolute Gasteiger partial charge is 0.308 e. The van der Waals surface area contributed by atoms with Crippen LogP contribution in [-0.4, -0.2) is 13.1 Å². The van der Waals surface area contributed by atoms with Crippen molar-refractivity contribution in [2.75, 3.05) is 7.11 Å². The second kappa shape index (κ2) is 6.63. The molecule has 0 bridgehead atoms. The summed E-state index contributed by atoms with van der Waals surface area (Å²) in [4.78, 5) is 11.2. The van der Waals surface area contributed by atoms with Gasteiger partial charge in [0.2, 0.25) is 0 Å². The third kappa shape index (κ3) is 5.05. The molecule has 0 amide bonds. The highest BCUT2D eigenvalue weighted by molar-refractivity contribution is 5.72. The van der Waals surface area contributed by atoms with E-state index in [9.17, 15) is 4.79 Å². The van der Waals surface area contributed by atoms with E-state index in [4.69, 9.17) is 4.74 Å². The van der Waals surface area contributed by atoms with Gasteiger partial charge in [-0.2, -0.15) is 0 Å². The van der Waals surface area contributed by atoms with Crippen molar-refractivity contribution in [1.29, 1.82) is 0 Å². The number of rotatable bonds is 5. The second-order valence-electron chi connectivity index (χ2n) is 4.15. The quantitative estimate of drug-likeness (QED) is 0.501. The number of hydrogen-bond donors (Lipinski definition) is 0. The average molecular weight is 198 g/mol. The SMILES string of the molecule is COC(=O)C(C)C(C)CCC=C(C)C. The Morgan fingerprint density at radius 2 is 1.93 bits per heavy atom. The predicted octanol–water partition coefficient (Wildman–Crippen LogP) is 3.18. The van der Waals surface area contributed by atoms with Crippen molar-refractivity contribution in [2.45, 2.75) is 40.5 Å². The Labute approximate surface area is 87.3 Å². The number of esters is 1. The van der Waals surface area contributed by atoms with E-state index in [1.165, 1.54) is 12.7 Å². The first-order valence-electron chi connectivity index (χ1n) is 5.20. The Hall–Kier alpha value is -0.790. The first kappa shape index (κ1) is 13.2. The second-order valence-corrected chi connectivity index (χ2v) is 4.15. The van der Waals surface area contributed by atoms with Crippen LogP contribution in [0.3, 0.4) is 0 Å². The van der Waals surface area contributed by atoms with E-state index in [0.29, 0.717) is 5.92 Å². The fourth-order valence-electron chi connectivity index (χ4n) is 1.30. The lowest BCUT2D eigenvalue weighted by Gasteiger charge is -2.16. The molecule has 0 fully saturated rings. The number of carbonyl (C=O) groups excluding carboxylic acids is 1. The van der Waals surface area contributed by atoms with E-state index < -0.39 is 0 Å². The van der Waals surface area contributed by atoms with Crippen LogP contribution in [-0.2, 0) is 9.53 Å². The Kier molecular flexibility index (Phi) is 6.26. The topological polar surface area (TPSA) is 26.3 Å². The maximum atomic E-state index is 11.2. The van der Waals surface area contributed by atoms with Crippen molar-refractivity contribution in [3.63, 3.8) is 0 Å². The van der Waals surface area contributed by atoms with Crippen LogP contribution in [0.25, 0.3) is 0 Å². The molecule has 14 heavy (non-hydrogen) atoms. The van der Waals surface area contributed by atoms with Gasteiger partial charge in [0.05, 0.1) is 13.0 Å². The summed E-state index contributed by atoms with van der Waals surface area (Å²) >= 11 is 0. The molecule has 0 N–H and O–H groups in total. The van der Waals surface area contributed by atoms with Crippen LogP contribution in [0.15, 0.2) is 11.6 Å². The van der Waals surface area contributed by atoms with Crippen molar-refractivity contribution < 1.29 is 9.53 Å². The van der Waals surface area contributed by atoms with Crippen molar-refractivity contribution in [3.8, 4) is 0 Å². The fraction of sp³-hybridized carbons (Fsp3) is 0.750. The van der Waals surface area contributed by atoms with Crippen LogP contribution < -0.4 is 0 Å². The molecule has 2 heteroatoms. The van der Waals surface area contributed by atoms with Gasteiger partial charge in [0, 0.05) is 0 Å². The van der Waals surface area contributed by atoms with E-state index in [1.54, 1.807) is 0 Å². The minimum Gasteiger partial charge on any atom is -0.469 e. The lowest BCUT2D eigenvalue weighted by atomic mass is 9.91. The molecular weight excluding hydrogens is 176 g/mol. The zero-order chi connectivity index (χ0) is 11.1. The van der Waals surface area contributed by atoms with Gasteiger partial charge in [0.1, 0.15) is 0 Å². The molecule has 0 aromatic heterocycles. The van der Waals surface area contributed by atoms with Crippen LogP contribution in [0.5, 0.6) is 0 Å². The van der Waals surface area contributed by atoms with E-state index in [0.717, 1.165) is 12.8 Å². The molecule has 0 aromatic carbocycles. The molecule has 0 saturated carbocycles. The predicted molar refractivity (Wildman–Crippen MR) is 59.0 cm³/mol.